The highest BCUT2D eigenvalue weighted by atomic mass is 19.4. The van der Waals surface area contributed by atoms with E-state index in [0.29, 0.717) is 0 Å². The quantitative estimate of drug-likeness (QED) is 0.739. The zero-order valence-electron chi connectivity index (χ0n) is 8.44. The van der Waals surface area contributed by atoms with E-state index in [1.807, 2.05) is 13.8 Å². The molecule has 0 saturated carbocycles. The molecule has 13 heavy (non-hydrogen) atoms. The molecule has 0 saturated heterocycles. The number of alkyl halides is 3. The zero-order valence-corrected chi connectivity index (χ0v) is 8.44. The Labute approximate surface area is 76.9 Å². The molecule has 1 nitrogen and oxygen atoms in total. The van der Waals surface area contributed by atoms with Gasteiger partial charge in [-0.3, -0.25) is 0 Å². The highest BCUT2D eigenvalue weighted by Crippen LogP contribution is 2.36. The van der Waals surface area contributed by atoms with Gasteiger partial charge in [0.2, 0.25) is 0 Å². The fraction of sp³-hybridized carbons (Fsp3) is 1.00. The van der Waals surface area contributed by atoms with Gasteiger partial charge in [-0.15, -0.1) is 0 Å². The smallest absolute Gasteiger partial charge is 0.381 e. The largest absolute Gasteiger partial charge is 0.416 e. The molecule has 0 aliphatic heterocycles. The third-order valence-electron chi connectivity index (χ3n) is 2.47. The molecule has 0 aliphatic carbocycles. The molecule has 1 N–H and O–H groups in total. The minimum atomic E-state index is -4.53. The Balaban J connectivity index is 4.34. The summed E-state index contributed by atoms with van der Waals surface area (Å²) in [7, 11) is 0. The summed E-state index contributed by atoms with van der Waals surface area (Å²) in [6, 6.07) is 0. The highest BCUT2D eigenvalue weighted by molar-refractivity contribution is 4.83. The summed E-state index contributed by atoms with van der Waals surface area (Å²) in [6.45, 7) is 6.23. The van der Waals surface area contributed by atoms with Crippen molar-refractivity contribution >= 4 is 0 Å². The van der Waals surface area contributed by atoms with E-state index in [1.54, 1.807) is 6.92 Å². The Morgan fingerprint density at radius 1 is 1.15 bits per heavy atom. The Hall–Kier alpha value is -0.250. The first-order chi connectivity index (χ1) is 5.58. The molecule has 0 bridgehead atoms. The molecule has 0 aromatic rings. The summed E-state index contributed by atoms with van der Waals surface area (Å²) in [5.41, 5.74) is -2.56. The number of aliphatic hydroxyl groups is 1. The van der Waals surface area contributed by atoms with Gasteiger partial charge in [-0.2, -0.15) is 13.2 Å². The molecule has 80 valence electrons. The van der Waals surface area contributed by atoms with E-state index < -0.39 is 11.8 Å². The van der Waals surface area contributed by atoms with Crippen LogP contribution in [0.25, 0.3) is 0 Å². The second-order valence-electron chi connectivity index (χ2n) is 4.20. The lowest BCUT2D eigenvalue weighted by molar-refractivity contribution is -0.259. The van der Waals surface area contributed by atoms with Gasteiger partial charge < -0.3 is 5.11 Å². The van der Waals surface area contributed by atoms with E-state index in [2.05, 4.69) is 0 Å². The van der Waals surface area contributed by atoms with Crippen molar-refractivity contribution in [1.29, 1.82) is 0 Å². The number of rotatable bonds is 3. The molecule has 0 aromatic carbocycles. The lowest BCUT2D eigenvalue weighted by Gasteiger charge is -2.30. The van der Waals surface area contributed by atoms with Gasteiger partial charge in [-0.1, -0.05) is 20.8 Å². The van der Waals surface area contributed by atoms with Gasteiger partial charge in [0.15, 0.2) is 5.60 Å². The van der Waals surface area contributed by atoms with E-state index in [1.165, 1.54) is 0 Å². The van der Waals surface area contributed by atoms with Crippen molar-refractivity contribution in [3.05, 3.63) is 0 Å². The Morgan fingerprint density at radius 2 is 1.54 bits per heavy atom. The summed E-state index contributed by atoms with van der Waals surface area (Å²) in [5, 5.41) is 9.15. The van der Waals surface area contributed by atoms with E-state index in [-0.39, 0.29) is 18.3 Å². The molecule has 0 heterocycles. The van der Waals surface area contributed by atoms with Crippen molar-refractivity contribution in [1.82, 2.24) is 0 Å². The summed E-state index contributed by atoms with van der Waals surface area (Å²) in [6.07, 6.45) is -4.77. The maximum atomic E-state index is 12.2. The fourth-order valence-corrected chi connectivity index (χ4v) is 0.978. The van der Waals surface area contributed by atoms with Crippen molar-refractivity contribution in [3.8, 4) is 0 Å². The van der Waals surface area contributed by atoms with Crippen LogP contribution in [-0.4, -0.2) is 16.9 Å². The van der Waals surface area contributed by atoms with Gasteiger partial charge in [0.05, 0.1) is 0 Å². The van der Waals surface area contributed by atoms with Crippen molar-refractivity contribution in [2.24, 2.45) is 11.8 Å². The summed E-state index contributed by atoms with van der Waals surface area (Å²) in [4.78, 5) is 0. The summed E-state index contributed by atoms with van der Waals surface area (Å²) in [5.74, 6) is 0.00505. The van der Waals surface area contributed by atoms with Crippen molar-refractivity contribution in [2.45, 2.75) is 45.9 Å². The molecule has 2 atom stereocenters. The molecule has 0 rings (SSSR count). The van der Waals surface area contributed by atoms with Crippen LogP contribution in [0, 0.1) is 11.8 Å². The average Bonchev–Trinajstić information content (AvgIpc) is 1.83. The first-order valence-electron chi connectivity index (χ1n) is 4.37. The van der Waals surface area contributed by atoms with Crippen LogP contribution in [-0.2, 0) is 0 Å². The third kappa shape index (κ3) is 3.55. The predicted octanol–water partition coefficient (Wildman–Crippen LogP) is 2.98. The molecule has 0 aliphatic rings. The van der Waals surface area contributed by atoms with E-state index in [0.717, 1.165) is 6.92 Å². The minimum Gasteiger partial charge on any atom is -0.381 e. The van der Waals surface area contributed by atoms with Crippen LogP contribution in [0.1, 0.15) is 34.1 Å². The summed E-state index contributed by atoms with van der Waals surface area (Å²) >= 11 is 0. The Kier molecular flexibility index (Phi) is 3.79. The molecular formula is C9H17F3O. The molecule has 0 amide bonds. The van der Waals surface area contributed by atoms with Crippen LogP contribution in [0.2, 0.25) is 0 Å². The Bertz CT molecular complexity index is 161. The lowest BCUT2D eigenvalue weighted by atomic mass is 9.86. The van der Waals surface area contributed by atoms with Gasteiger partial charge in [0, 0.05) is 0 Å². The van der Waals surface area contributed by atoms with Crippen LogP contribution in [0.3, 0.4) is 0 Å². The van der Waals surface area contributed by atoms with Crippen molar-refractivity contribution in [2.75, 3.05) is 0 Å². The second-order valence-corrected chi connectivity index (χ2v) is 4.20. The average molecular weight is 198 g/mol. The van der Waals surface area contributed by atoms with Gasteiger partial charge >= 0.3 is 6.18 Å². The molecule has 2 unspecified atom stereocenters. The number of hydrogen-bond acceptors (Lipinski definition) is 1. The van der Waals surface area contributed by atoms with Gasteiger partial charge in [0.25, 0.3) is 0 Å². The minimum absolute atomic E-state index is 0.142. The van der Waals surface area contributed by atoms with Gasteiger partial charge in [0.1, 0.15) is 0 Å². The monoisotopic (exact) mass is 198 g/mol. The zero-order chi connectivity index (χ0) is 10.9. The standard InChI is InChI=1S/C9H17F3O/c1-6(2)7(3)5-8(4,13)9(10,11)12/h6-7,13H,5H2,1-4H3. The lowest BCUT2D eigenvalue weighted by Crippen LogP contribution is -2.43. The van der Waals surface area contributed by atoms with Crippen molar-refractivity contribution in [3.63, 3.8) is 0 Å². The third-order valence-corrected chi connectivity index (χ3v) is 2.47. The van der Waals surface area contributed by atoms with E-state index in [9.17, 15) is 13.2 Å². The van der Waals surface area contributed by atoms with Crippen LogP contribution >= 0.6 is 0 Å². The maximum Gasteiger partial charge on any atom is 0.416 e. The van der Waals surface area contributed by atoms with E-state index in [4.69, 9.17) is 5.11 Å². The van der Waals surface area contributed by atoms with E-state index >= 15 is 0 Å². The van der Waals surface area contributed by atoms with Crippen LogP contribution in [0.15, 0.2) is 0 Å². The topological polar surface area (TPSA) is 20.2 Å². The predicted molar refractivity (Wildman–Crippen MR) is 45.3 cm³/mol. The first kappa shape index (κ1) is 12.8. The SMILES string of the molecule is CC(C)C(C)CC(C)(O)C(F)(F)F. The normalized spacial score (nSPS) is 20.1. The molecule has 0 aromatic heterocycles. The molecular weight excluding hydrogens is 181 g/mol. The molecule has 4 heteroatoms. The second kappa shape index (κ2) is 3.86. The van der Waals surface area contributed by atoms with Gasteiger partial charge in [-0.25, -0.2) is 0 Å². The van der Waals surface area contributed by atoms with Gasteiger partial charge in [-0.05, 0) is 25.2 Å². The Morgan fingerprint density at radius 3 is 1.77 bits per heavy atom. The number of hydrogen-bond donors (Lipinski definition) is 1. The molecule has 0 fully saturated rings. The summed E-state index contributed by atoms with van der Waals surface area (Å²) < 4.78 is 36.6. The molecule has 0 radical (unpaired) electrons. The highest BCUT2D eigenvalue weighted by Gasteiger charge is 2.50. The maximum absolute atomic E-state index is 12.2. The van der Waals surface area contributed by atoms with Crippen LogP contribution in [0.4, 0.5) is 13.2 Å². The van der Waals surface area contributed by atoms with Crippen molar-refractivity contribution < 1.29 is 18.3 Å². The van der Waals surface area contributed by atoms with Crippen LogP contribution < -0.4 is 0 Å². The molecule has 0 spiro atoms. The van der Waals surface area contributed by atoms with Crippen LogP contribution in [0.5, 0.6) is 0 Å². The number of halogens is 3. The first-order valence-corrected chi connectivity index (χ1v) is 4.37. The fourth-order valence-electron chi connectivity index (χ4n) is 0.978.